The Morgan fingerprint density at radius 1 is 1.05 bits per heavy atom. The lowest BCUT2D eigenvalue weighted by atomic mass is 10.2. The summed E-state index contributed by atoms with van der Waals surface area (Å²) in [5.41, 5.74) is 0.131. The second-order valence-corrected chi connectivity index (χ2v) is 4.58. The van der Waals surface area contributed by atoms with Crippen LogP contribution in [0, 0.1) is 0 Å². The quantitative estimate of drug-likeness (QED) is 0.748. The van der Waals surface area contributed by atoms with Gasteiger partial charge in [-0.3, -0.25) is 4.79 Å². The van der Waals surface area contributed by atoms with E-state index in [1.807, 2.05) is 0 Å². The summed E-state index contributed by atoms with van der Waals surface area (Å²) in [6.45, 7) is 0. The highest BCUT2D eigenvalue weighted by Gasteiger charge is 2.10. The van der Waals surface area contributed by atoms with E-state index in [1.165, 1.54) is 6.07 Å². The lowest BCUT2D eigenvalue weighted by molar-refractivity contribution is 1.08. The Morgan fingerprint density at radius 2 is 1.74 bits per heavy atom. The largest absolute Gasteiger partial charge is 0.303 e. The molecule has 0 fully saturated rings. The summed E-state index contributed by atoms with van der Waals surface area (Å²) in [6, 6.07) is 4.71. The maximum absolute atomic E-state index is 12.0. The molecule has 0 atom stereocenters. The van der Waals surface area contributed by atoms with Crippen molar-refractivity contribution in [3.8, 4) is 11.6 Å². The molecule has 3 rings (SSSR count). The third kappa shape index (κ3) is 2.18. The first-order valence-electron chi connectivity index (χ1n) is 5.31. The van der Waals surface area contributed by atoms with Crippen molar-refractivity contribution in [3.63, 3.8) is 0 Å². The predicted octanol–water partition coefficient (Wildman–Crippen LogP) is 2.69. The van der Waals surface area contributed by atoms with E-state index in [2.05, 4.69) is 19.9 Å². The number of nitrogens with zero attached hydrogens (tertiary/aromatic N) is 3. The van der Waals surface area contributed by atoms with Crippen LogP contribution < -0.4 is 5.56 Å². The molecule has 0 saturated heterocycles. The molecule has 0 amide bonds. The van der Waals surface area contributed by atoms with Gasteiger partial charge in [-0.05, 0) is 18.2 Å². The van der Waals surface area contributed by atoms with E-state index >= 15 is 0 Å². The zero-order chi connectivity index (χ0) is 13.4. The summed E-state index contributed by atoms with van der Waals surface area (Å²) in [6.07, 6.45) is 3.14. The summed E-state index contributed by atoms with van der Waals surface area (Å²) in [5.74, 6) is 0.629. The molecule has 1 aromatic carbocycles. The zero-order valence-corrected chi connectivity index (χ0v) is 10.9. The number of halogens is 2. The molecule has 5 nitrogen and oxygen atoms in total. The maximum atomic E-state index is 12.0. The van der Waals surface area contributed by atoms with Crippen LogP contribution in [0.4, 0.5) is 0 Å². The van der Waals surface area contributed by atoms with E-state index in [0.29, 0.717) is 26.8 Å². The molecule has 0 aliphatic heterocycles. The van der Waals surface area contributed by atoms with Crippen LogP contribution in [0.5, 0.6) is 0 Å². The zero-order valence-electron chi connectivity index (χ0n) is 9.39. The van der Waals surface area contributed by atoms with Gasteiger partial charge in [-0.15, -0.1) is 0 Å². The Labute approximate surface area is 117 Å². The molecule has 0 spiro atoms. The highest BCUT2D eigenvalue weighted by Crippen LogP contribution is 2.25. The van der Waals surface area contributed by atoms with Gasteiger partial charge in [0.1, 0.15) is 0 Å². The lowest BCUT2D eigenvalue weighted by Crippen LogP contribution is -2.10. The topological polar surface area (TPSA) is 71.5 Å². The Hall–Kier alpha value is -1.98. The molecule has 2 aromatic heterocycles. The molecule has 0 aliphatic rings. The van der Waals surface area contributed by atoms with Crippen molar-refractivity contribution in [3.05, 3.63) is 51.0 Å². The molecule has 0 aliphatic carbocycles. The van der Waals surface area contributed by atoms with Gasteiger partial charge in [0.15, 0.2) is 11.6 Å². The molecule has 0 unspecified atom stereocenters. The summed E-state index contributed by atoms with van der Waals surface area (Å²) in [5, 5.41) is 1.02. The molecule has 2 heterocycles. The number of hydrogen-bond donors (Lipinski definition) is 1. The number of hydrogen-bond acceptors (Lipinski definition) is 4. The SMILES string of the molecule is O=c1[nH]c(-c2ncccn2)nc2cc(Cl)c(Cl)cc12. The molecule has 1 N–H and O–H groups in total. The van der Waals surface area contributed by atoms with Crippen molar-refractivity contribution in [2.75, 3.05) is 0 Å². The summed E-state index contributed by atoms with van der Waals surface area (Å²) >= 11 is 11.8. The Bertz CT molecular complexity index is 817. The van der Waals surface area contributed by atoms with Crippen LogP contribution in [-0.2, 0) is 0 Å². The number of nitrogens with one attached hydrogen (secondary N) is 1. The maximum Gasteiger partial charge on any atom is 0.259 e. The molecular formula is C12H6Cl2N4O. The van der Waals surface area contributed by atoms with Crippen molar-refractivity contribution in [2.24, 2.45) is 0 Å². The van der Waals surface area contributed by atoms with Crippen molar-refractivity contribution in [1.29, 1.82) is 0 Å². The van der Waals surface area contributed by atoms with E-state index in [-0.39, 0.29) is 11.4 Å². The molecule has 0 radical (unpaired) electrons. The summed E-state index contributed by atoms with van der Waals surface area (Å²) < 4.78 is 0. The van der Waals surface area contributed by atoms with Crippen LogP contribution in [0.3, 0.4) is 0 Å². The molecule has 3 aromatic rings. The van der Waals surface area contributed by atoms with E-state index in [1.54, 1.807) is 24.5 Å². The van der Waals surface area contributed by atoms with Crippen LogP contribution in [0.25, 0.3) is 22.6 Å². The lowest BCUT2D eigenvalue weighted by Gasteiger charge is -2.03. The van der Waals surface area contributed by atoms with Crippen molar-refractivity contribution in [2.45, 2.75) is 0 Å². The molecule has 7 heteroatoms. The minimum atomic E-state index is -0.314. The number of aromatic nitrogens is 4. The van der Waals surface area contributed by atoms with Gasteiger partial charge in [-0.25, -0.2) is 15.0 Å². The van der Waals surface area contributed by atoms with Crippen molar-refractivity contribution in [1.82, 2.24) is 19.9 Å². The molecule has 0 bridgehead atoms. The fourth-order valence-electron chi connectivity index (χ4n) is 1.66. The molecule has 0 saturated carbocycles. The average molecular weight is 293 g/mol. The van der Waals surface area contributed by atoms with E-state index in [9.17, 15) is 4.79 Å². The minimum Gasteiger partial charge on any atom is -0.303 e. The van der Waals surface area contributed by atoms with Crippen molar-refractivity contribution >= 4 is 34.1 Å². The first-order chi connectivity index (χ1) is 9.15. The van der Waals surface area contributed by atoms with Crippen LogP contribution in [0.1, 0.15) is 0 Å². The van der Waals surface area contributed by atoms with Gasteiger partial charge in [-0.2, -0.15) is 0 Å². The van der Waals surface area contributed by atoms with E-state index < -0.39 is 0 Å². The van der Waals surface area contributed by atoms with Gasteiger partial charge in [0.05, 0.1) is 20.9 Å². The van der Waals surface area contributed by atoms with Gasteiger partial charge in [-0.1, -0.05) is 23.2 Å². The van der Waals surface area contributed by atoms with Crippen molar-refractivity contribution < 1.29 is 0 Å². The van der Waals surface area contributed by atoms with Crippen LogP contribution in [-0.4, -0.2) is 19.9 Å². The first-order valence-corrected chi connectivity index (χ1v) is 6.07. The third-order valence-electron chi connectivity index (χ3n) is 2.53. The van der Waals surface area contributed by atoms with Gasteiger partial charge >= 0.3 is 0 Å². The molecular weight excluding hydrogens is 287 g/mol. The number of H-pyrrole nitrogens is 1. The van der Waals surface area contributed by atoms with E-state index in [0.717, 1.165) is 0 Å². The van der Waals surface area contributed by atoms with Crippen LogP contribution in [0.15, 0.2) is 35.4 Å². The summed E-state index contributed by atoms with van der Waals surface area (Å²) in [7, 11) is 0. The van der Waals surface area contributed by atoms with Crippen LogP contribution in [0.2, 0.25) is 10.0 Å². The highest BCUT2D eigenvalue weighted by molar-refractivity contribution is 6.42. The standard InChI is InChI=1S/C12H6Cl2N4O/c13-7-4-6-9(5-8(7)14)17-11(18-12(6)19)10-15-2-1-3-16-10/h1-5H,(H,17,18,19). The second-order valence-electron chi connectivity index (χ2n) is 3.77. The fraction of sp³-hybridized carbons (Fsp3) is 0. The third-order valence-corrected chi connectivity index (χ3v) is 3.25. The Kier molecular flexibility index (Phi) is 2.93. The second kappa shape index (κ2) is 4.60. The highest BCUT2D eigenvalue weighted by atomic mass is 35.5. The fourth-order valence-corrected chi connectivity index (χ4v) is 1.98. The van der Waals surface area contributed by atoms with Gasteiger partial charge in [0.25, 0.3) is 5.56 Å². The smallest absolute Gasteiger partial charge is 0.259 e. The number of benzene rings is 1. The average Bonchev–Trinajstić information content (AvgIpc) is 2.42. The number of aromatic amines is 1. The van der Waals surface area contributed by atoms with E-state index in [4.69, 9.17) is 23.2 Å². The first kappa shape index (κ1) is 12.1. The number of rotatable bonds is 1. The van der Waals surface area contributed by atoms with Crippen LogP contribution >= 0.6 is 23.2 Å². The predicted molar refractivity (Wildman–Crippen MR) is 73.4 cm³/mol. The Balaban J connectivity index is 2.31. The monoisotopic (exact) mass is 292 g/mol. The minimum absolute atomic E-state index is 0.288. The van der Waals surface area contributed by atoms with Gasteiger partial charge in [0.2, 0.25) is 0 Å². The number of fused-ring (bicyclic) bond motifs is 1. The summed E-state index contributed by atoms with van der Waals surface area (Å²) in [4.78, 5) is 27.0. The normalized spacial score (nSPS) is 10.8. The Morgan fingerprint density at radius 3 is 2.47 bits per heavy atom. The van der Waals surface area contributed by atoms with Gasteiger partial charge < -0.3 is 4.98 Å². The van der Waals surface area contributed by atoms with Gasteiger partial charge in [0, 0.05) is 12.4 Å². The molecule has 19 heavy (non-hydrogen) atoms. The molecule has 94 valence electrons.